The molecule has 1 unspecified atom stereocenters. The molecule has 0 spiro atoms. The van der Waals surface area contributed by atoms with Crippen molar-refractivity contribution >= 4 is 37.6 Å². The van der Waals surface area contributed by atoms with Crippen molar-refractivity contribution in [1.82, 2.24) is 4.98 Å². The van der Waals surface area contributed by atoms with Crippen LogP contribution in [0.25, 0.3) is 0 Å². The fraction of sp³-hybridized carbons (Fsp3) is 0.455. The number of carbonyl (C=O) groups excluding carboxylic acids is 1. The molecule has 1 rings (SSSR count). The highest BCUT2D eigenvalue weighted by molar-refractivity contribution is 9.11. The lowest BCUT2D eigenvalue weighted by molar-refractivity contribution is 0.0917. The van der Waals surface area contributed by atoms with E-state index in [1.807, 2.05) is 13.0 Å². The summed E-state index contributed by atoms with van der Waals surface area (Å²) in [5.41, 5.74) is 0.527. The van der Waals surface area contributed by atoms with E-state index in [-0.39, 0.29) is 11.7 Å². The average molecular weight is 335 g/mol. The summed E-state index contributed by atoms with van der Waals surface area (Å²) in [6.07, 6.45) is 3.57. The minimum atomic E-state index is 0.0416. The Bertz CT molecular complexity index is 366. The quantitative estimate of drug-likeness (QED) is 0.771. The highest BCUT2D eigenvalue weighted by Crippen LogP contribution is 2.23. The Kier molecular flexibility index (Phi) is 4.93. The Balaban J connectivity index is 2.91. The molecule has 1 aromatic rings. The first-order chi connectivity index (χ1) is 7.06. The van der Waals surface area contributed by atoms with Gasteiger partial charge >= 0.3 is 0 Å². The molecule has 0 saturated heterocycles. The van der Waals surface area contributed by atoms with E-state index in [0.717, 1.165) is 21.8 Å². The van der Waals surface area contributed by atoms with E-state index in [1.54, 1.807) is 6.20 Å². The topological polar surface area (TPSA) is 30.0 Å². The van der Waals surface area contributed by atoms with Gasteiger partial charge < -0.3 is 0 Å². The van der Waals surface area contributed by atoms with Gasteiger partial charge in [0.25, 0.3) is 0 Å². The molecule has 0 aromatic carbocycles. The van der Waals surface area contributed by atoms with Crippen LogP contribution in [0.5, 0.6) is 0 Å². The predicted octanol–water partition coefficient (Wildman–Crippen LogP) is 4.23. The van der Waals surface area contributed by atoms with E-state index in [4.69, 9.17) is 0 Å². The van der Waals surface area contributed by atoms with Gasteiger partial charge in [0.2, 0.25) is 0 Å². The van der Waals surface area contributed by atoms with Crippen molar-refractivity contribution < 1.29 is 4.79 Å². The monoisotopic (exact) mass is 333 g/mol. The predicted molar refractivity (Wildman–Crippen MR) is 68.0 cm³/mol. The Morgan fingerprint density at radius 1 is 1.53 bits per heavy atom. The average Bonchev–Trinajstić information content (AvgIpc) is 2.17. The zero-order valence-electron chi connectivity index (χ0n) is 8.76. The summed E-state index contributed by atoms with van der Waals surface area (Å²) in [5.74, 6) is 0.149. The summed E-state index contributed by atoms with van der Waals surface area (Å²) in [6.45, 7) is 4.02. The van der Waals surface area contributed by atoms with Crippen LogP contribution in [0.2, 0.25) is 0 Å². The van der Waals surface area contributed by atoms with Gasteiger partial charge in [-0.3, -0.25) is 9.78 Å². The lowest BCUT2D eigenvalue weighted by Gasteiger charge is -2.09. The van der Waals surface area contributed by atoms with Gasteiger partial charge in [-0.05, 0) is 44.3 Å². The second-order valence-electron chi connectivity index (χ2n) is 3.54. The Morgan fingerprint density at radius 2 is 2.20 bits per heavy atom. The van der Waals surface area contributed by atoms with Crippen molar-refractivity contribution in [3.05, 3.63) is 26.9 Å². The molecule has 0 fully saturated rings. The summed E-state index contributed by atoms with van der Waals surface area (Å²) in [5, 5.41) is 0. The van der Waals surface area contributed by atoms with Crippen molar-refractivity contribution in [3.63, 3.8) is 0 Å². The molecule has 4 heteroatoms. The van der Waals surface area contributed by atoms with Gasteiger partial charge in [0, 0.05) is 21.1 Å². The Hall–Kier alpha value is -0.220. The van der Waals surface area contributed by atoms with E-state index in [1.165, 1.54) is 0 Å². The molecule has 2 nitrogen and oxygen atoms in total. The molecule has 0 radical (unpaired) electrons. The summed E-state index contributed by atoms with van der Waals surface area (Å²) in [7, 11) is 0. The van der Waals surface area contributed by atoms with E-state index in [9.17, 15) is 4.79 Å². The number of halogens is 2. The second-order valence-corrected chi connectivity index (χ2v) is 5.31. The van der Waals surface area contributed by atoms with Crippen molar-refractivity contribution in [1.29, 1.82) is 0 Å². The zero-order valence-corrected chi connectivity index (χ0v) is 11.9. The first-order valence-corrected chi connectivity index (χ1v) is 6.50. The van der Waals surface area contributed by atoms with Crippen LogP contribution in [0.3, 0.4) is 0 Å². The highest BCUT2D eigenvalue weighted by Gasteiger charge is 2.18. The number of hydrogen-bond donors (Lipinski definition) is 0. The minimum Gasteiger partial charge on any atom is -0.292 e. The maximum absolute atomic E-state index is 12.0. The van der Waals surface area contributed by atoms with Crippen LogP contribution in [-0.2, 0) is 0 Å². The molecule has 0 bridgehead atoms. The lowest BCUT2D eigenvalue weighted by Crippen LogP contribution is -2.13. The van der Waals surface area contributed by atoms with Crippen LogP contribution in [-0.4, -0.2) is 10.8 Å². The van der Waals surface area contributed by atoms with Gasteiger partial charge in [0.15, 0.2) is 5.78 Å². The molecule has 1 aromatic heterocycles. The number of ketones is 1. The third-order valence-electron chi connectivity index (χ3n) is 2.21. The molecule has 82 valence electrons. The smallest absolute Gasteiger partial charge is 0.185 e. The molecule has 1 heterocycles. The molecule has 0 aliphatic carbocycles. The molecule has 0 aliphatic heterocycles. The van der Waals surface area contributed by atoms with Crippen LogP contribution < -0.4 is 0 Å². The van der Waals surface area contributed by atoms with Crippen LogP contribution in [0.1, 0.15) is 37.2 Å². The van der Waals surface area contributed by atoms with Crippen molar-refractivity contribution in [2.45, 2.75) is 26.7 Å². The van der Waals surface area contributed by atoms with Gasteiger partial charge in [-0.2, -0.15) is 0 Å². The first kappa shape index (κ1) is 12.8. The summed E-state index contributed by atoms with van der Waals surface area (Å²) >= 11 is 6.66. The van der Waals surface area contributed by atoms with Crippen molar-refractivity contribution in [2.24, 2.45) is 5.92 Å². The maximum atomic E-state index is 12.0. The summed E-state index contributed by atoms with van der Waals surface area (Å²) < 4.78 is 1.62. The summed E-state index contributed by atoms with van der Waals surface area (Å²) in [6, 6.07) is 1.85. The van der Waals surface area contributed by atoms with E-state index < -0.39 is 0 Å². The van der Waals surface area contributed by atoms with E-state index >= 15 is 0 Å². The molecule has 15 heavy (non-hydrogen) atoms. The molecule has 0 N–H and O–H groups in total. The number of carbonyl (C=O) groups is 1. The number of pyridine rings is 1. The van der Waals surface area contributed by atoms with Crippen LogP contribution in [0, 0.1) is 5.92 Å². The van der Waals surface area contributed by atoms with Crippen LogP contribution >= 0.6 is 31.9 Å². The number of Topliss-reactive ketones (excluding diaryl/α,β-unsaturated/α-hetero) is 1. The first-order valence-electron chi connectivity index (χ1n) is 4.91. The third kappa shape index (κ3) is 3.38. The largest absolute Gasteiger partial charge is 0.292 e. The normalized spacial score (nSPS) is 12.5. The van der Waals surface area contributed by atoms with E-state index in [2.05, 4.69) is 43.8 Å². The van der Waals surface area contributed by atoms with Gasteiger partial charge in [0.1, 0.15) is 5.69 Å². The Morgan fingerprint density at radius 3 is 2.73 bits per heavy atom. The number of nitrogens with zero attached hydrogens (tertiary/aromatic N) is 1. The molecule has 0 aliphatic rings. The summed E-state index contributed by atoms with van der Waals surface area (Å²) in [4.78, 5) is 16.1. The van der Waals surface area contributed by atoms with Crippen LogP contribution in [0.4, 0.5) is 0 Å². The maximum Gasteiger partial charge on any atom is 0.185 e. The second kappa shape index (κ2) is 5.75. The van der Waals surface area contributed by atoms with E-state index in [0.29, 0.717) is 5.69 Å². The fourth-order valence-corrected chi connectivity index (χ4v) is 2.58. The van der Waals surface area contributed by atoms with Gasteiger partial charge in [-0.1, -0.05) is 20.3 Å². The van der Waals surface area contributed by atoms with Gasteiger partial charge in [-0.25, -0.2) is 0 Å². The van der Waals surface area contributed by atoms with Crippen LogP contribution in [0.15, 0.2) is 21.2 Å². The molecular weight excluding hydrogens is 322 g/mol. The van der Waals surface area contributed by atoms with Gasteiger partial charge in [-0.15, -0.1) is 0 Å². The highest BCUT2D eigenvalue weighted by atomic mass is 79.9. The molecular formula is C11H13Br2NO. The number of aromatic nitrogens is 1. The SMILES string of the molecule is CCCC(C)C(=O)c1ncc(Br)cc1Br. The van der Waals surface area contributed by atoms with Gasteiger partial charge in [0.05, 0.1) is 0 Å². The lowest BCUT2D eigenvalue weighted by atomic mass is 9.98. The fourth-order valence-electron chi connectivity index (χ4n) is 1.39. The van der Waals surface area contributed by atoms with Crippen molar-refractivity contribution in [3.8, 4) is 0 Å². The molecule has 0 amide bonds. The zero-order chi connectivity index (χ0) is 11.4. The molecule has 0 saturated carbocycles. The number of hydrogen-bond acceptors (Lipinski definition) is 2. The standard InChI is InChI=1S/C11H13Br2NO/c1-3-4-7(2)11(15)10-9(13)5-8(12)6-14-10/h5-7H,3-4H2,1-2H3. The van der Waals surface area contributed by atoms with Crippen molar-refractivity contribution in [2.75, 3.05) is 0 Å². The minimum absolute atomic E-state index is 0.0416. The number of rotatable bonds is 4. The Labute approximate surface area is 107 Å². The molecule has 1 atom stereocenters. The third-order valence-corrected chi connectivity index (χ3v) is 3.25.